The number of ether oxygens (including phenoxy) is 3. The van der Waals surface area contributed by atoms with Crippen LogP contribution in [0.1, 0.15) is 10.4 Å². The molecule has 3 aromatic carbocycles. The van der Waals surface area contributed by atoms with Gasteiger partial charge in [-0.05, 0) is 36.4 Å². The van der Waals surface area contributed by atoms with E-state index in [4.69, 9.17) is 14.2 Å². The molecular formula is C24H19N3O6. The quantitative estimate of drug-likeness (QED) is 0.625. The lowest BCUT2D eigenvalue weighted by atomic mass is 10.1. The van der Waals surface area contributed by atoms with Crippen molar-refractivity contribution in [3.05, 3.63) is 72.3 Å². The summed E-state index contributed by atoms with van der Waals surface area (Å²) < 4.78 is 16.0. The van der Waals surface area contributed by atoms with Gasteiger partial charge in [-0.25, -0.2) is 0 Å². The number of para-hydroxylation sites is 3. The number of nitrogens with one attached hydrogen (secondary N) is 2. The maximum absolute atomic E-state index is 12.9. The molecule has 2 heterocycles. The zero-order chi connectivity index (χ0) is 22.8. The number of fused-ring (bicyclic) bond motifs is 2. The Bertz CT molecular complexity index is 1260. The van der Waals surface area contributed by atoms with Gasteiger partial charge in [-0.15, -0.1) is 0 Å². The Morgan fingerprint density at radius 3 is 2.55 bits per heavy atom. The van der Waals surface area contributed by atoms with Gasteiger partial charge in [0.1, 0.15) is 12.3 Å². The van der Waals surface area contributed by atoms with E-state index in [1.165, 1.54) is 4.90 Å². The highest BCUT2D eigenvalue weighted by atomic mass is 16.7. The number of hydrogen-bond acceptors (Lipinski definition) is 6. The number of anilines is 3. The molecule has 0 aliphatic carbocycles. The van der Waals surface area contributed by atoms with Crippen LogP contribution in [0.5, 0.6) is 17.2 Å². The maximum atomic E-state index is 12.9. The molecular weight excluding hydrogens is 426 g/mol. The van der Waals surface area contributed by atoms with Crippen molar-refractivity contribution in [2.45, 2.75) is 0 Å². The Kier molecular flexibility index (Phi) is 5.27. The van der Waals surface area contributed by atoms with E-state index in [0.29, 0.717) is 34.3 Å². The van der Waals surface area contributed by atoms with Crippen LogP contribution in [-0.2, 0) is 9.59 Å². The topological polar surface area (TPSA) is 106 Å². The van der Waals surface area contributed by atoms with E-state index in [1.807, 2.05) is 0 Å². The number of benzene rings is 3. The van der Waals surface area contributed by atoms with E-state index >= 15 is 0 Å². The van der Waals surface area contributed by atoms with E-state index in [9.17, 15) is 14.4 Å². The van der Waals surface area contributed by atoms with Crippen molar-refractivity contribution in [1.82, 2.24) is 0 Å². The van der Waals surface area contributed by atoms with E-state index in [2.05, 4.69) is 10.6 Å². The summed E-state index contributed by atoms with van der Waals surface area (Å²) in [6.07, 6.45) is 0. The van der Waals surface area contributed by atoms with E-state index in [0.717, 1.165) is 0 Å². The fraction of sp³-hybridized carbons (Fsp3) is 0.125. The van der Waals surface area contributed by atoms with Gasteiger partial charge < -0.3 is 24.8 Å². The van der Waals surface area contributed by atoms with Crippen LogP contribution < -0.4 is 29.7 Å². The normalized spacial score (nSPS) is 13.7. The van der Waals surface area contributed by atoms with Crippen LogP contribution in [0.2, 0.25) is 0 Å². The lowest BCUT2D eigenvalue weighted by Crippen LogP contribution is -2.43. The van der Waals surface area contributed by atoms with Crippen molar-refractivity contribution in [2.24, 2.45) is 0 Å². The minimum Gasteiger partial charge on any atom is -0.482 e. The highest BCUT2D eigenvalue weighted by Crippen LogP contribution is 2.34. The van der Waals surface area contributed by atoms with Gasteiger partial charge in [0.2, 0.25) is 12.7 Å². The Hall–Kier alpha value is -4.53. The van der Waals surface area contributed by atoms with Crippen molar-refractivity contribution in [2.75, 3.05) is 35.5 Å². The van der Waals surface area contributed by atoms with Gasteiger partial charge in [0, 0.05) is 11.8 Å². The van der Waals surface area contributed by atoms with Crippen LogP contribution in [0.15, 0.2) is 66.7 Å². The summed E-state index contributed by atoms with van der Waals surface area (Å²) >= 11 is 0. The second-order valence-corrected chi connectivity index (χ2v) is 7.35. The summed E-state index contributed by atoms with van der Waals surface area (Å²) in [5.74, 6) is 0.525. The van der Waals surface area contributed by atoms with Crippen molar-refractivity contribution < 1.29 is 28.6 Å². The lowest BCUT2D eigenvalue weighted by Gasteiger charge is -2.28. The number of hydrogen-bond donors (Lipinski definition) is 2. The number of carbonyl (C=O) groups is 3. The largest absolute Gasteiger partial charge is 0.482 e. The molecule has 0 spiro atoms. The monoisotopic (exact) mass is 445 g/mol. The maximum Gasteiger partial charge on any atom is 0.265 e. The molecule has 2 N–H and O–H groups in total. The number of nitrogens with zero attached hydrogens (tertiary/aromatic N) is 1. The van der Waals surface area contributed by atoms with Crippen LogP contribution >= 0.6 is 0 Å². The van der Waals surface area contributed by atoms with Crippen LogP contribution in [0, 0.1) is 0 Å². The Morgan fingerprint density at radius 1 is 0.848 bits per heavy atom. The molecule has 33 heavy (non-hydrogen) atoms. The summed E-state index contributed by atoms with van der Waals surface area (Å²) in [5.41, 5.74) is 1.66. The second-order valence-electron chi connectivity index (χ2n) is 7.35. The molecule has 9 heteroatoms. The van der Waals surface area contributed by atoms with Crippen molar-refractivity contribution in [3.63, 3.8) is 0 Å². The molecule has 166 valence electrons. The van der Waals surface area contributed by atoms with Gasteiger partial charge in [-0.3, -0.25) is 19.3 Å². The van der Waals surface area contributed by atoms with Gasteiger partial charge in [0.25, 0.3) is 11.8 Å². The van der Waals surface area contributed by atoms with Crippen LogP contribution in [-0.4, -0.2) is 37.7 Å². The Morgan fingerprint density at radius 2 is 1.64 bits per heavy atom. The minimum atomic E-state index is -0.441. The van der Waals surface area contributed by atoms with E-state index in [1.54, 1.807) is 66.7 Å². The molecule has 0 fully saturated rings. The third kappa shape index (κ3) is 4.16. The zero-order valence-corrected chi connectivity index (χ0v) is 17.4. The molecule has 2 aliphatic heterocycles. The standard InChI is InChI=1S/C24H19N3O6/c28-22(12-27-18-7-3-4-8-19(18)31-13-23(27)29)26-17-6-2-1-5-16(17)24(30)25-15-9-10-20-21(11-15)33-14-32-20/h1-11H,12-14H2,(H,25,30)(H,26,28). The Labute approximate surface area is 188 Å². The molecule has 3 amide bonds. The van der Waals surface area contributed by atoms with E-state index in [-0.39, 0.29) is 31.4 Å². The van der Waals surface area contributed by atoms with Crippen LogP contribution in [0.25, 0.3) is 0 Å². The third-order valence-electron chi connectivity index (χ3n) is 5.19. The molecule has 2 aliphatic rings. The number of rotatable bonds is 5. The third-order valence-corrected chi connectivity index (χ3v) is 5.19. The number of amides is 3. The second kappa shape index (κ2) is 8.54. The first kappa shape index (κ1) is 20.4. The van der Waals surface area contributed by atoms with Crippen molar-refractivity contribution in [1.29, 1.82) is 0 Å². The molecule has 0 atom stereocenters. The average molecular weight is 445 g/mol. The fourth-order valence-electron chi connectivity index (χ4n) is 3.62. The van der Waals surface area contributed by atoms with Gasteiger partial charge >= 0.3 is 0 Å². The van der Waals surface area contributed by atoms with Gasteiger partial charge in [0.05, 0.1) is 16.9 Å². The molecule has 0 aromatic heterocycles. The Balaban J connectivity index is 1.30. The molecule has 0 unspecified atom stereocenters. The smallest absolute Gasteiger partial charge is 0.265 e. The highest BCUT2D eigenvalue weighted by molar-refractivity contribution is 6.11. The SMILES string of the molecule is O=C(CN1C(=O)COc2ccccc21)Nc1ccccc1C(=O)Nc1ccc2c(c1)OCO2. The molecule has 0 radical (unpaired) electrons. The van der Waals surface area contributed by atoms with Gasteiger partial charge in [-0.1, -0.05) is 24.3 Å². The predicted molar refractivity (Wildman–Crippen MR) is 120 cm³/mol. The first-order valence-electron chi connectivity index (χ1n) is 10.2. The molecule has 0 saturated heterocycles. The summed E-state index contributed by atoms with van der Waals surface area (Å²) in [6, 6.07) is 18.7. The predicted octanol–water partition coefficient (Wildman–Crippen LogP) is 3.03. The minimum absolute atomic E-state index is 0.137. The molecule has 9 nitrogen and oxygen atoms in total. The zero-order valence-electron chi connectivity index (χ0n) is 17.4. The van der Waals surface area contributed by atoms with Crippen LogP contribution in [0.3, 0.4) is 0 Å². The molecule has 5 rings (SSSR count). The number of carbonyl (C=O) groups excluding carboxylic acids is 3. The highest BCUT2D eigenvalue weighted by Gasteiger charge is 2.27. The first-order valence-corrected chi connectivity index (χ1v) is 10.2. The summed E-state index contributed by atoms with van der Waals surface area (Å²) in [6.45, 7) is -0.214. The first-order chi connectivity index (χ1) is 16.1. The van der Waals surface area contributed by atoms with E-state index < -0.39 is 11.8 Å². The van der Waals surface area contributed by atoms with Gasteiger partial charge in [0.15, 0.2) is 18.1 Å². The lowest BCUT2D eigenvalue weighted by molar-refractivity contribution is -0.123. The van der Waals surface area contributed by atoms with Crippen LogP contribution in [0.4, 0.5) is 17.1 Å². The summed E-state index contributed by atoms with van der Waals surface area (Å²) in [5, 5.41) is 5.53. The molecule has 0 saturated carbocycles. The average Bonchev–Trinajstić information content (AvgIpc) is 3.29. The molecule has 0 bridgehead atoms. The van der Waals surface area contributed by atoms with Crippen molar-refractivity contribution in [3.8, 4) is 17.2 Å². The summed E-state index contributed by atoms with van der Waals surface area (Å²) in [7, 11) is 0. The van der Waals surface area contributed by atoms with Crippen molar-refractivity contribution >= 4 is 34.8 Å². The fourth-order valence-corrected chi connectivity index (χ4v) is 3.62. The van der Waals surface area contributed by atoms with Gasteiger partial charge in [-0.2, -0.15) is 0 Å². The molecule has 3 aromatic rings. The summed E-state index contributed by atoms with van der Waals surface area (Å²) in [4.78, 5) is 39.4.